The Labute approximate surface area is 56.1 Å². The molecule has 0 aliphatic rings. The van der Waals surface area contributed by atoms with Crippen molar-refractivity contribution < 1.29 is 26.2 Å². The van der Waals surface area contributed by atoms with E-state index < -0.39 is 0 Å². The van der Waals surface area contributed by atoms with E-state index in [0.29, 0.717) is 0 Å². The molecule has 0 nitrogen and oxygen atoms in total. The van der Waals surface area contributed by atoms with Crippen LogP contribution in [0.2, 0.25) is 0 Å². The van der Waals surface area contributed by atoms with Crippen LogP contribution in [0.25, 0.3) is 0 Å². The summed E-state index contributed by atoms with van der Waals surface area (Å²) in [4.78, 5) is 0. The molecule has 0 aromatic carbocycles. The van der Waals surface area contributed by atoms with Crippen LogP contribution < -0.4 is 0 Å². The first-order chi connectivity index (χ1) is 1.91. The van der Waals surface area contributed by atoms with Crippen LogP contribution >= 0.6 is 16.5 Å². The number of rotatable bonds is 1. The van der Waals surface area contributed by atoms with E-state index in [1.165, 1.54) is 0 Å². The Morgan fingerprint density at radius 2 is 1.80 bits per heavy atom. The first kappa shape index (κ1) is 9.89. The van der Waals surface area contributed by atoms with Crippen molar-refractivity contribution in [2.24, 2.45) is 0 Å². The zero-order valence-electron chi connectivity index (χ0n) is 3.21. The van der Waals surface area contributed by atoms with Gasteiger partial charge in [-0.2, -0.15) is 0 Å². The van der Waals surface area contributed by atoms with Crippen molar-refractivity contribution in [1.29, 1.82) is 0 Å². The summed E-state index contributed by atoms with van der Waals surface area (Å²) in [6, 6.07) is 0. The summed E-state index contributed by atoms with van der Waals surface area (Å²) >= 11 is 0. The van der Waals surface area contributed by atoms with E-state index >= 15 is 0 Å². The Bertz CT molecular complexity index is 9.61. The van der Waals surface area contributed by atoms with Gasteiger partial charge in [-0.05, 0) is 6.66 Å². The molecule has 0 amide bonds. The summed E-state index contributed by atoms with van der Waals surface area (Å²) in [5, 5.41) is 0. The minimum atomic E-state index is 0. The smallest absolute Gasteiger partial charge is 0 e. The quantitative estimate of drug-likeness (QED) is 0.429. The van der Waals surface area contributed by atoms with Crippen molar-refractivity contribution in [1.82, 2.24) is 0 Å². The Kier molecular flexibility index (Phi) is 18.2. The van der Waals surface area contributed by atoms with E-state index in [1.54, 1.807) is 0 Å². The third-order valence-electron chi connectivity index (χ3n) is 0.177. The summed E-state index contributed by atoms with van der Waals surface area (Å²) in [6.45, 7) is 5.80. The van der Waals surface area contributed by atoms with Crippen LogP contribution in [0.1, 0.15) is 0 Å². The Morgan fingerprint density at radius 1 is 1.60 bits per heavy atom. The molecular formula is C2H7P2Zr-. The maximum absolute atomic E-state index is 3.64. The van der Waals surface area contributed by atoms with Gasteiger partial charge in [0.15, 0.2) is 0 Å². The van der Waals surface area contributed by atoms with Gasteiger partial charge in [0.25, 0.3) is 0 Å². The third-order valence-corrected chi connectivity index (χ3v) is 1.59. The van der Waals surface area contributed by atoms with Crippen molar-refractivity contribution in [3.8, 4) is 0 Å². The van der Waals surface area contributed by atoms with E-state index in [2.05, 4.69) is 13.3 Å². The van der Waals surface area contributed by atoms with Crippen LogP contribution in [0.15, 0.2) is 0 Å². The van der Waals surface area contributed by atoms with Crippen LogP contribution in [0, 0.1) is 6.66 Å². The molecule has 0 fully saturated rings. The topological polar surface area (TPSA) is 0 Å². The minimum Gasteiger partial charge on any atom is -0.316 e. The zero-order valence-corrected chi connectivity index (χ0v) is 7.67. The molecule has 5 heavy (non-hydrogen) atoms. The molecule has 0 spiro atoms. The molecule has 30 valence electrons. The SMILES string of the molecule is [CH2-]PPC.[Zr]. The summed E-state index contributed by atoms with van der Waals surface area (Å²) in [5.41, 5.74) is 0. The van der Waals surface area contributed by atoms with Gasteiger partial charge in [0, 0.05) is 26.2 Å². The van der Waals surface area contributed by atoms with E-state index in [4.69, 9.17) is 0 Å². The van der Waals surface area contributed by atoms with Crippen LogP contribution in [-0.4, -0.2) is 6.66 Å². The molecule has 0 saturated heterocycles. The summed E-state index contributed by atoms with van der Waals surface area (Å²) in [5.74, 6) is 0. The molecule has 0 aromatic rings. The molecule has 0 heterocycles. The fourth-order valence-electron chi connectivity index (χ4n) is 0. The Balaban J connectivity index is 0. The van der Waals surface area contributed by atoms with Crippen molar-refractivity contribution in [3.63, 3.8) is 0 Å². The molecule has 0 bridgehead atoms. The molecule has 0 saturated carbocycles. The first-order valence-electron chi connectivity index (χ1n) is 1.10. The van der Waals surface area contributed by atoms with Gasteiger partial charge in [-0.1, -0.05) is 0 Å². The molecule has 0 N–H and O–H groups in total. The van der Waals surface area contributed by atoms with E-state index in [1.807, 2.05) is 0 Å². The average Bonchev–Trinajstić information content (AvgIpc) is 1.37. The third kappa shape index (κ3) is 10.7. The molecule has 3 heteroatoms. The maximum Gasteiger partial charge on any atom is 0 e. The van der Waals surface area contributed by atoms with Crippen molar-refractivity contribution in [2.75, 3.05) is 6.66 Å². The summed E-state index contributed by atoms with van der Waals surface area (Å²) < 4.78 is 0. The van der Waals surface area contributed by atoms with E-state index in [9.17, 15) is 0 Å². The normalized spacial score (nSPS) is 10.8. The standard InChI is InChI=1S/C2H7P2.Zr/c1-3-4-2;/h3-4H,1H2,2H3;/q-1;. The van der Waals surface area contributed by atoms with Gasteiger partial charge in [-0.15, -0.1) is 8.27 Å². The van der Waals surface area contributed by atoms with Gasteiger partial charge in [0.2, 0.25) is 0 Å². The molecule has 0 rings (SSSR count). The van der Waals surface area contributed by atoms with E-state index in [-0.39, 0.29) is 26.2 Å². The fourth-order valence-corrected chi connectivity index (χ4v) is 0. The largest absolute Gasteiger partial charge is 0.316 e. The predicted molar refractivity (Wildman–Crippen MR) is 27.9 cm³/mol. The predicted octanol–water partition coefficient (Wildman–Crippen LogP) is 1.68. The Morgan fingerprint density at radius 3 is 1.80 bits per heavy atom. The van der Waals surface area contributed by atoms with Gasteiger partial charge in [-0.3, -0.25) is 8.27 Å². The number of hydrogen-bond donors (Lipinski definition) is 0. The van der Waals surface area contributed by atoms with E-state index in [0.717, 1.165) is 16.5 Å². The van der Waals surface area contributed by atoms with Gasteiger partial charge < -0.3 is 6.66 Å². The second-order valence-electron chi connectivity index (χ2n) is 0.427. The van der Waals surface area contributed by atoms with Crippen molar-refractivity contribution >= 4 is 16.5 Å². The summed E-state index contributed by atoms with van der Waals surface area (Å²) in [6.07, 6.45) is 0. The van der Waals surface area contributed by atoms with Gasteiger partial charge in [-0.25, -0.2) is 0 Å². The first-order valence-corrected chi connectivity index (χ1v) is 4.81. The van der Waals surface area contributed by atoms with Gasteiger partial charge in [0.05, 0.1) is 0 Å². The molecule has 2 unspecified atom stereocenters. The fraction of sp³-hybridized carbons (Fsp3) is 0.500. The average molecular weight is 184 g/mol. The van der Waals surface area contributed by atoms with Crippen LogP contribution in [0.5, 0.6) is 0 Å². The van der Waals surface area contributed by atoms with Crippen molar-refractivity contribution in [3.05, 3.63) is 6.66 Å². The zero-order chi connectivity index (χ0) is 3.41. The summed E-state index contributed by atoms with van der Waals surface area (Å²) in [7, 11) is 1.98. The molecular weight excluding hydrogens is 177 g/mol. The van der Waals surface area contributed by atoms with Gasteiger partial charge >= 0.3 is 0 Å². The molecule has 0 aliphatic heterocycles. The van der Waals surface area contributed by atoms with Crippen LogP contribution in [-0.2, 0) is 26.2 Å². The molecule has 0 aliphatic carbocycles. The molecule has 0 radical (unpaired) electrons. The van der Waals surface area contributed by atoms with Crippen LogP contribution in [0.3, 0.4) is 0 Å². The Hall–Kier alpha value is 1.74. The van der Waals surface area contributed by atoms with Gasteiger partial charge in [0.1, 0.15) is 0 Å². The van der Waals surface area contributed by atoms with Crippen molar-refractivity contribution in [2.45, 2.75) is 0 Å². The molecule has 0 aromatic heterocycles. The minimum absolute atomic E-state index is 0. The molecule has 2 atom stereocenters. The van der Waals surface area contributed by atoms with Crippen LogP contribution in [0.4, 0.5) is 0 Å². The maximum atomic E-state index is 3.64. The number of hydrogen-bond acceptors (Lipinski definition) is 0. The second kappa shape index (κ2) is 9.22. The second-order valence-corrected chi connectivity index (χ2v) is 3.84. The monoisotopic (exact) mass is 183 g/mol.